The number of nitrogens with two attached hydrogens (primary N) is 1. The molecule has 98 valence electrons. The zero-order valence-electron chi connectivity index (χ0n) is 10.5. The predicted octanol–water partition coefficient (Wildman–Crippen LogP) is 1.39. The van der Waals surface area contributed by atoms with Crippen molar-refractivity contribution in [3.8, 4) is 11.3 Å². The summed E-state index contributed by atoms with van der Waals surface area (Å²) in [4.78, 5) is 13.6. The fourth-order valence-corrected chi connectivity index (χ4v) is 2.38. The molecule has 2 heterocycles. The molecule has 1 amide bonds. The first kappa shape index (κ1) is 11.9. The second-order valence-corrected chi connectivity index (χ2v) is 4.82. The SMILES string of the molecule is NCC1CC(=O)N(c2cc(-c3ccccc3)[nH]n2)C1. The minimum atomic E-state index is 0.0987. The van der Waals surface area contributed by atoms with Crippen molar-refractivity contribution in [1.82, 2.24) is 10.2 Å². The van der Waals surface area contributed by atoms with E-state index in [9.17, 15) is 4.79 Å². The lowest BCUT2D eigenvalue weighted by Gasteiger charge is -2.12. The summed E-state index contributed by atoms with van der Waals surface area (Å²) in [6.07, 6.45) is 0.518. The molecule has 19 heavy (non-hydrogen) atoms. The summed E-state index contributed by atoms with van der Waals surface area (Å²) in [6.45, 7) is 1.20. The van der Waals surface area contributed by atoms with Gasteiger partial charge in [-0.25, -0.2) is 0 Å². The van der Waals surface area contributed by atoms with E-state index in [0.717, 1.165) is 11.3 Å². The van der Waals surface area contributed by atoms with Crippen LogP contribution in [-0.2, 0) is 4.79 Å². The van der Waals surface area contributed by atoms with Crippen molar-refractivity contribution in [2.75, 3.05) is 18.0 Å². The third kappa shape index (κ3) is 2.24. The third-order valence-electron chi connectivity index (χ3n) is 3.46. The van der Waals surface area contributed by atoms with Gasteiger partial charge >= 0.3 is 0 Å². The van der Waals surface area contributed by atoms with Crippen LogP contribution in [0.15, 0.2) is 36.4 Å². The van der Waals surface area contributed by atoms with Gasteiger partial charge in [0.05, 0.1) is 5.69 Å². The molecule has 1 aliphatic rings. The highest BCUT2D eigenvalue weighted by molar-refractivity contribution is 5.95. The van der Waals surface area contributed by atoms with Crippen LogP contribution in [0.5, 0.6) is 0 Å². The molecule has 0 bridgehead atoms. The normalized spacial score (nSPS) is 19.1. The topological polar surface area (TPSA) is 75.0 Å². The minimum Gasteiger partial charge on any atom is -0.330 e. The van der Waals surface area contributed by atoms with Crippen molar-refractivity contribution < 1.29 is 4.79 Å². The molecule has 3 N–H and O–H groups in total. The van der Waals surface area contributed by atoms with Crippen LogP contribution in [0.2, 0.25) is 0 Å². The van der Waals surface area contributed by atoms with Crippen molar-refractivity contribution in [3.05, 3.63) is 36.4 Å². The third-order valence-corrected chi connectivity index (χ3v) is 3.46. The maximum Gasteiger partial charge on any atom is 0.228 e. The first-order valence-corrected chi connectivity index (χ1v) is 6.39. The number of hydrogen-bond acceptors (Lipinski definition) is 3. The maximum atomic E-state index is 11.9. The Morgan fingerprint density at radius 1 is 1.37 bits per heavy atom. The van der Waals surface area contributed by atoms with Gasteiger partial charge in [0, 0.05) is 19.0 Å². The summed E-state index contributed by atoms with van der Waals surface area (Å²) in [5.41, 5.74) is 7.60. The molecule has 1 aromatic carbocycles. The van der Waals surface area contributed by atoms with E-state index in [1.54, 1.807) is 4.90 Å². The molecule has 1 unspecified atom stereocenters. The largest absolute Gasteiger partial charge is 0.330 e. The summed E-state index contributed by atoms with van der Waals surface area (Å²) >= 11 is 0. The zero-order chi connectivity index (χ0) is 13.2. The molecule has 1 aliphatic heterocycles. The van der Waals surface area contributed by atoms with Gasteiger partial charge in [-0.1, -0.05) is 30.3 Å². The van der Waals surface area contributed by atoms with Gasteiger partial charge in [-0.15, -0.1) is 0 Å². The molecule has 0 saturated carbocycles. The second-order valence-electron chi connectivity index (χ2n) is 4.82. The average Bonchev–Trinajstić information content (AvgIpc) is 3.06. The van der Waals surface area contributed by atoms with E-state index in [0.29, 0.717) is 25.3 Å². The number of carbonyl (C=O) groups excluding carboxylic acids is 1. The van der Waals surface area contributed by atoms with Crippen LogP contribution in [0.1, 0.15) is 6.42 Å². The van der Waals surface area contributed by atoms with E-state index in [4.69, 9.17) is 5.73 Å². The van der Waals surface area contributed by atoms with E-state index in [-0.39, 0.29) is 11.8 Å². The van der Waals surface area contributed by atoms with Crippen molar-refractivity contribution in [3.63, 3.8) is 0 Å². The van der Waals surface area contributed by atoms with E-state index >= 15 is 0 Å². The van der Waals surface area contributed by atoms with Crippen molar-refractivity contribution in [2.45, 2.75) is 6.42 Å². The first-order chi connectivity index (χ1) is 9.28. The fraction of sp³-hybridized carbons (Fsp3) is 0.286. The molecule has 5 nitrogen and oxygen atoms in total. The number of benzene rings is 1. The monoisotopic (exact) mass is 256 g/mol. The van der Waals surface area contributed by atoms with E-state index < -0.39 is 0 Å². The number of anilines is 1. The number of amides is 1. The maximum absolute atomic E-state index is 11.9. The number of nitrogens with zero attached hydrogens (tertiary/aromatic N) is 2. The van der Waals surface area contributed by atoms with Gasteiger partial charge in [0.15, 0.2) is 5.82 Å². The molecule has 5 heteroatoms. The molecule has 0 radical (unpaired) electrons. The number of rotatable bonds is 3. The van der Waals surface area contributed by atoms with Gasteiger partial charge < -0.3 is 5.73 Å². The standard InChI is InChI=1S/C14H16N4O/c15-8-10-6-14(19)18(9-10)13-7-12(16-17-13)11-4-2-1-3-5-11/h1-5,7,10H,6,8-9,15H2,(H,16,17). The molecule has 1 fully saturated rings. The van der Waals surface area contributed by atoms with Crippen molar-refractivity contribution in [2.24, 2.45) is 11.7 Å². The van der Waals surface area contributed by atoms with E-state index in [1.807, 2.05) is 36.4 Å². The van der Waals surface area contributed by atoms with Crippen LogP contribution in [-0.4, -0.2) is 29.2 Å². The number of aromatic amines is 1. The van der Waals surface area contributed by atoms with Gasteiger partial charge in [0.1, 0.15) is 0 Å². The Kier molecular flexibility index (Phi) is 3.05. The highest BCUT2D eigenvalue weighted by Crippen LogP contribution is 2.26. The summed E-state index contributed by atoms with van der Waals surface area (Å²) in [6, 6.07) is 11.8. The van der Waals surface area contributed by atoms with Gasteiger partial charge in [-0.3, -0.25) is 14.8 Å². The Labute approximate surface area is 111 Å². The molecule has 0 spiro atoms. The van der Waals surface area contributed by atoms with Gasteiger partial charge in [0.25, 0.3) is 0 Å². The van der Waals surface area contributed by atoms with Crippen LogP contribution in [0.4, 0.5) is 5.82 Å². The van der Waals surface area contributed by atoms with Crippen molar-refractivity contribution in [1.29, 1.82) is 0 Å². The summed E-state index contributed by atoms with van der Waals surface area (Å²) < 4.78 is 0. The lowest BCUT2D eigenvalue weighted by molar-refractivity contribution is -0.117. The van der Waals surface area contributed by atoms with Gasteiger partial charge in [-0.05, 0) is 18.0 Å². The molecule has 1 saturated heterocycles. The molecule has 2 aromatic rings. The number of H-pyrrole nitrogens is 1. The van der Waals surface area contributed by atoms with Crippen LogP contribution in [0, 0.1) is 5.92 Å². The Balaban J connectivity index is 1.84. The first-order valence-electron chi connectivity index (χ1n) is 6.39. The Bertz CT molecular complexity index is 578. The quantitative estimate of drug-likeness (QED) is 0.871. The summed E-state index contributed by atoms with van der Waals surface area (Å²) in [5.74, 6) is 1.02. The smallest absolute Gasteiger partial charge is 0.228 e. The Morgan fingerprint density at radius 3 is 2.84 bits per heavy atom. The van der Waals surface area contributed by atoms with E-state index in [1.165, 1.54) is 0 Å². The zero-order valence-corrected chi connectivity index (χ0v) is 10.5. The van der Waals surface area contributed by atoms with Gasteiger partial charge in [0.2, 0.25) is 5.91 Å². The molecule has 1 atom stereocenters. The highest BCUT2D eigenvalue weighted by Gasteiger charge is 2.31. The number of hydrogen-bond donors (Lipinski definition) is 2. The predicted molar refractivity (Wildman–Crippen MR) is 73.5 cm³/mol. The number of aromatic nitrogens is 2. The average molecular weight is 256 g/mol. The summed E-state index contributed by atoms with van der Waals surface area (Å²) in [5, 5.41) is 7.21. The lowest BCUT2D eigenvalue weighted by Crippen LogP contribution is -2.26. The molecule has 3 rings (SSSR count). The van der Waals surface area contributed by atoms with Crippen LogP contribution < -0.4 is 10.6 Å². The van der Waals surface area contributed by atoms with Crippen LogP contribution in [0.25, 0.3) is 11.3 Å². The fourth-order valence-electron chi connectivity index (χ4n) is 2.38. The molecule has 1 aromatic heterocycles. The second kappa shape index (κ2) is 4.85. The van der Waals surface area contributed by atoms with Crippen LogP contribution in [0.3, 0.4) is 0 Å². The number of nitrogens with one attached hydrogen (secondary N) is 1. The minimum absolute atomic E-state index is 0.0987. The van der Waals surface area contributed by atoms with Crippen molar-refractivity contribution >= 4 is 11.7 Å². The Morgan fingerprint density at radius 2 is 2.16 bits per heavy atom. The van der Waals surface area contributed by atoms with E-state index in [2.05, 4.69) is 10.2 Å². The Hall–Kier alpha value is -2.14. The van der Waals surface area contributed by atoms with Gasteiger partial charge in [-0.2, -0.15) is 5.10 Å². The van der Waals surface area contributed by atoms with Crippen LogP contribution >= 0.6 is 0 Å². The number of carbonyl (C=O) groups is 1. The summed E-state index contributed by atoms with van der Waals surface area (Å²) in [7, 11) is 0. The molecule has 0 aliphatic carbocycles. The molecular weight excluding hydrogens is 240 g/mol. The highest BCUT2D eigenvalue weighted by atomic mass is 16.2. The molecular formula is C14H16N4O. The lowest BCUT2D eigenvalue weighted by atomic mass is 10.1.